The van der Waals surface area contributed by atoms with Gasteiger partial charge in [0.05, 0.1) is 17.2 Å². The highest BCUT2D eigenvalue weighted by Crippen LogP contribution is 2.08. The molecule has 0 saturated heterocycles. The van der Waals surface area contributed by atoms with E-state index in [1.807, 2.05) is 19.0 Å². The summed E-state index contributed by atoms with van der Waals surface area (Å²) < 4.78 is 14.6. The van der Waals surface area contributed by atoms with Crippen LogP contribution in [0.3, 0.4) is 0 Å². The molecule has 2 aromatic rings. The van der Waals surface area contributed by atoms with Crippen LogP contribution in [0.2, 0.25) is 0 Å². The van der Waals surface area contributed by atoms with E-state index in [9.17, 15) is 9.18 Å². The van der Waals surface area contributed by atoms with Crippen molar-refractivity contribution < 1.29 is 4.39 Å². The highest BCUT2D eigenvalue weighted by molar-refractivity contribution is 5.77. The van der Waals surface area contributed by atoms with Crippen molar-refractivity contribution in [3.63, 3.8) is 0 Å². The summed E-state index contributed by atoms with van der Waals surface area (Å²) in [5, 5.41) is 0.325. The van der Waals surface area contributed by atoms with Crippen molar-refractivity contribution in [1.29, 1.82) is 0 Å². The van der Waals surface area contributed by atoms with E-state index in [4.69, 9.17) is 0 Å². The van der Waals surface area contributed by atoms with Gasteiger partial charge in [0.15, 0.2) is 0 Å². The van der Waals surface area contributed by atoms with E-state index in [0.29, 0.717) is 17.4 Å². The minimum Gasteiger partial charge on any atom is -0.308 e. The van der Waals surface area contributed by atoms with Crippen LogP contribution < -0.4 is 5.56 Å². The standard InChI is InChI=1S/C12H14FN3O/c1-15(2)5-6-16-8-14-11-4-3-9(13)7-10(11)12(16)17/h3-4,7-8H,5-6H2,1-2H3. The topological polar surface area (TPSA) is 38.1 Å². The zero-order valence-corrected chi connectivity index (χ0v) is 9.85. The second-order valence-corrected chi connectivity index (χ2v) is 4.21. The Bertz CT molecular complexity index is 592. The summed E-state index contributed by atoms with van der Waals surface area (Å²) in [4.78, 5) is 18.1. The van der Waals surface area contributed by atoms with Gasteiger partial charge in [0.2, 0.25) is 0 Å². The molecule has 0 radical (unpaired) electrons. The van der Waals surface area contributed by atoms with E-state index in [1.54, 1.807) is 0 Å². The van der Waals surface area contributed by atoms with Crippen LogP contribution in [-0.2, 0) is 6.54 Å². The number of halogens is 1. The zero-order chi connectivity index (χ0) is 12.4. The first-order valence-corrected chi connectivity index (χ1v) is 5.37. The third-order valence-corrected chi connectivity index (χ3v) is 2.57. The van der Waals surface area contributed by atoms with Crippen LogP contribution in [0.4, 0.5) is 4.39 Å². The molecule has 0 aliphatic heterocycles. The first kappa shape index (κ1) is 11.7. The number of nitrogens with zero attached hydrogens (tertiary/aromatic N) is 3. The Labute approximate surface area is 98.3 Å². The van der Waals surface area contributed by atoms with Crippen molar-refractivity contribution in [3.05, 3.63) is 40.7 Å². The molecule has 1 aromatic heterocycles. The van der Waals surface area contributed by atoms with Crippen molar-refractivity contribution in [2.45, 2.75) is 6.54 Å². The maximum absolute atomic E-state index is 13.1. The molecule has 0 amide bonds. The van der Waals surface area contributed by atoms with Gasteiger partial charge in [0, 0.05) is 13.1 Å². The van der Waals surface area contributed by atoms with Gasteiger partial charge in [0.1, 0.15) is 5.82 Å². The molecular weight excluding hydrogens is 221 g/mol. The fraction of sp³-hybridized carbons (Fsp3) is 0.333. The van der Waals surface area contributed by atoms with Gasteiger partial charge in [-0.15, -0.1) is 0 Å². The lowest BCUT2D eigenvalue weighted by molar-refractivity contribution is 0.380. The quantitative estimate of drug-likeness (QED) is 0.799. The normalized spacial score (nSPS) is 11.3. The van der Waals surface area contributed by atoms with Crippen LogP contribution in [0.15, 0.2) is 29.3 Å². The lowest BCUT2D eigenvalue weighted by Crippen LogP contribution is -2.26. The van der Waals surface area contributed by atoms with Gasteiger partial charge < -0.3 is 4.90 Å². The Morgan fingerprint density at radius 3 is 2.88 bits per heavy atom. The van der Waals surface area contributed by atoms with Crippen LogP contribution in [0.25, 0.3) is 10.9 Å². The second kappa shape index (κ2) is 4.63. The molecule has 0 saturated carbocycles. The first-order valence-electron chi connectivity index (χ1n) is 5.37. The molecule has 1 heterocycles. The molecule has 0 unspecified atom stereocenters. The van der Waals surface area contributed by atoms with Gasteiger partial charge in [-0.1, -0.05) is 0 Å². The Hall–Kier alpha value is -1.75. The number of hydrogen-bond acceptors (Lipinski definition) is 3. The predicted octanol–water partition coefficient (Wildman–Crippen LogP) is 1.10. The average molecular weight is 235 g/mol. The molecule has 0 spiro atoms. The summed E-state index contributed by atoms with van der Waals surface area (Å²) in [5.41, 5.74) is 0.328. The molecular formula is C12H14FN3O. The van der Waals surface area contributed by atoms with Crippen LogP contribution in [0.1, 0.15) is 0 Å². The molecule has 0 bridgehead atoms. The van der Waals surface area contributed by atoms with Gasteiger partial charge in [-0.05, 0) is 32.3 Å². The fourth-order valence-corrected chi connectivity index (χ4v) is 1.60. The number of likely N-dealkylation sites (N-methyl/N-ethyl adjacent to an activating group) is 1. The van der Waals surface area contributed by atoms with Gasteiger partial charge in [0.25, 0.3) is 5.56 Å². The predicted molar refractivity (Wildman–Crippen MR) is 64.5 cm³/mol. The van der Waals surface area contributed by atoms with Crippen LogP contribution >= 0.6 is 0 Å². The lowest BCUT2D eigenvalue weighted by atomic mass is 10.2. The van der Waals surface area contributed by atoms with Gasteiger partial charge in [-0.2, -0.15) is 0 Å². The number of rotatable bonds is 3. The number of fused-ring (bicyclic) bond motifs is 1. The number of aromatic nitrogens is 2. The summed E-state index contributed by atoms with van der Waals surface area (Å²) in [6.45, 7) is 1.29. The van der Waals surface area contributed by atoms with Crippen molar-refractivity contribution in [3.8, 4) is 0 Å². The van der Waals surface area contributed by atoms with E-state index in [1.165, 1.54) is 29.1 Å². The van der Waals surface area contributed by atoms with E-state index in [-0.39, 0.29) is 5.56 Å². The maximum Gasteiger partial charge on any atom is 0.261 e. The summed E-state index contributed by atoms with van der Waals surface area (Å²) in [6, 6.07) is 4.05. The molecule has 0 aliphatic carbocycles. The van der Waals surface area contributed by atoms with E-state index < -0.39 is 5.82 Å². The van der Waals surface area contributed by atoms with Crippen LogP contribution in [-0.4, -0.2) is 35.1 Å². The molecule has 0 aliphatic rings. The van der Waals surface area contributed by atoms with E-state index >= 15 is 0 Å². The zero-order valence-electron chi connectivity index (χ0n) is 9.85. The Kier molecular flexibility index (Phi) is 3.19. The molecule has 1 aromatic carbocycles. The molecule has 0 fully saturated rings. The highest BCUT2D eigenvalue weighted by Gasteiger charge is 2.05. The Balaban J connectivity index is 2.46. The van der Waals surface area contributed by atoms with Crippen molar-refractivity contribution in [1.82, 2.24) is 14.5 Å². The summed E-state index contributed by atoms with van der Waals surface area (Å²) in [6.07, 6.45) is 1.51. The summed E-state index contributed by atoms with van der Waals surface area (Å²) in [7, 11) is 3.86. The van der Waals surface area contributed by atoms with E-state index in [0.717, 1.165) is 6.54 Å². The molecule has 90 valence electrons. The third kappa shape index (κ3) is 2.50. The summed E-state index contributed by atoms with van der Waals surface area (Å²) >= 11 is 0. The van der Waals surface area contributed by atoms with Gasteiger partial charge >= 0.3 is 0 Å². The molecule has 0 atom stereocenters. The van der Waals surface area contributed by atoms with Crippen molar-refractivity contribution in [2.75, 3.05) is 20.6 Å². The molecule has 17 heavy (non-hydrogen) atoms. The van der Waals surface area contributed by atoms with Crippen LogP contribution in [0.5, 0.6) is 0 Å². The van der Waals surface area contributed by atoms with E-state index in [2.05, 4.69) is 4.98 Å². The van der Waals surface area contributed by atoms with Crippen molar-refractivity contribution >= 4 is 10.9 Å². The largest absolute Gasteiger partial charge is 0.308 e. The lowest BCUT2D eigenvalue weighted by Gasteiger charge is -2.11. The highest BCUT2D eigenvalue weighted by atomic mass is 19.1. The smallest absolute Gasteiger partial charge is 0.261 e. The molecule has 4 nitrogen and oxygen atoms in total. The van der Waals surface area contributed by atoms with Crippen LogP contribution in [0, 0.1) is 5.82 Å². The fourth-order valence-electron chi connectivity index (χ4n) is 1.60. The SMILES string of the molecule is CN(C)CCn1cnc2ccc(F)cc2c1=O. The Morgan fingerprint density at radius 1 is 1.41 bits per heavy atom. The maximum atomic E-state index is 13.1. The number of hydrogen-bond donors (Lipinski definition) is 0. The van der Waals surface area contributed by atoms with Crippen molar-refractivity contribution in [2.24, 2.45) is 0 Å². The third-order valence-electron chi connectivity index (χ3n) is 2.57. The molecule has 0 N–H and O–H groups in total. The minimum atomic E-state index is -0.415. The monoisotopic (exact) mass is 235 g/mol. The first-order chi connectivity index (χ1) is 8.08. The average Bonchev–Trinajstić information content (AvgIpc) is 2.29. The molecule has 5 heteroatoms. The minimum absolute atomic E-state index is 0.198. The molecule has 2 rings (SSSR count). The second-order valence-electron chi connectivity index (χ2n) is 4.21. The Morgan fingerprint density at radius 2 is 2.18 bits per heavy atom. The van der Waals surface area contributed by atoms with Gasteiger partial charge in [-0.25, -0.2) is 9.37 Å². The number of benzene rings is 1. The van der Waals surface area contributed by atoms with Gasteiger partial charge in [-0.3, -0.25) is 9.36 Å². The summed E-state index contributed by atoms with van der Waals surface area (Å²) in [5.74, 6) is -0.415.